The maximum Gasteiger partial charge on any atom is 0.241 e. The first-order chi connectivity index (χ1) is 7.26. The number of carbonyl (C=O) groups is 1. The first-order valence-corrected chi connectivity index (χ1v) is 5.19. The van der Waals surface area contributed by atoms with E-state index >= 15 is 0 Å². The Morgan fingerprint density at radius 3 is 3.07 bits per heavy atom. The molecule has 0 saturated carbocycles. The molecule has 3 nitrogen and oxygen atoms in total. The van der Waals surface area contributed by atoms with Crippen molar-refractivity contribution in [1.29, 1.82) is 5.26 Å². The van der Waals surface area contributed by atoms with E-state index in [4.69, 9.17) is 16.9 Å². The molecule has 1 aliphatic heterocycles. The van der Waals surface area contributed by atoms with Gasteiger partial charge in [0.25, 0.3) is 0 Å². The van der Waals surface area contributed by atoms with Crippen molar-refractivity contribution in [2.75, 3.05) is 17.3 Å². The van der Waals surface area contributed by atoms with Crippen molar-refractivity contribution < 1.29 is 4.79 Å². The van der Waals surface area contributed by atoms with E-state index in [1.165, 1.54) is 0 Å². The first-order valence-electron chi connectivity index (χ1n) is 4.65. The molecule has 0 saturated heterocycles. The van der Waals surface area contributed by atoms with Gasteiger partial charge in [0.2, 0.25) is 5.91 Å². The second-order valence-corrected chi connectivity index (χ2v) is 3.65. The molecule has 0 unspecified atom stereocenters. The molecule has 0 atom stereocenters. The van der Waals surface area contributed by atoms with E-state index in [1.807, 2.05) is 12.1 Å². The topological polar surface area (TPSA) is 44.1 Å². The maximum absolute atomic E-state index is 11.5. The molecule has 76 valence electrons. The van der Waals surface area contributed by atoms with Gasteiger partial charge in [0.15, 0.2) is 0 Å². The van der Waals surface area contributed by atoms with E-state index in [2.05, 4.69) is 6.07 Å². The van der Waals surface area contributed by atoms with Crippen molar-refractivity contribution in [3.8, 4) is 6.07 Å². The van der Waals surface area contributed by atoms with Gasteiger partial charge in [0, 0.05) is 12.2 Å². The summed E-state index contributed by atoms with van der Waals surface area (Å²) < 4.78 is 0. The molecule has 1 heterocycles. The SMILES string of the molecule is N#Cc1ccc2c(c1)CCN2C(=O)CCl. The van der Waals surface area contributed by atoms with Gasteiger partial charge < -0.3 is 4.90 Å². The number of anilines is 1. The highest BCUT2D eigenvalue weighted by Gasteiger charge is 2.23. The number of fused-ring (bicyclic) bond motifs is 1. The molecule has 1 amide bonds. The molecule has 4 heteroatoms. The predicted molar refractivity (Wildman–Crippen MR) is 57.9 cm³/mol. The van der Waals surface area contributed by atoms with Crippen LogP contribution in [0.3, 0.4) is 0 Å². The number of nitrogens with zero attached hydrogens (tertiary/aromatic N) is 2. The van der Waals surface area contributed by atoms with Crippen LogP contribution in [0.5, 0.6) is 0 Å². The van der Waals surface area contributed by atoms with Crippen LogP contribution in [0, 0.1) is 11.3 Å². The van der Waals surface area contributed by atoms with Crippen molar-refractivity contribution in [3.63, 3.8) is 0 Å². The monoisotopic (exact) mass is 220 g/mol. The van der Waals surface area contributed by atoms with Crippen LogP contribution >= 0.6 is 11.6 Å². The van der Waals surface area contributed by atoms with E-state index < -0.39 is 0 Å². The quantitative estimate of drug-likeness (QED) is 0.676. The third-order valence-corrected chi connectivity index (χ3v) is 2.75. The Morgan fingerprint density at radius 2 is 2.40 bits per heavy atom. The zero-order chi connectivity index (χ0) is 10.8. The maximum atomic E-state index is 11.5. The first kappa shape index (κ1) is 10.0. The molecule has 0 N–H and O–H groups in total. The van der Waals surface area contributed by atoms with Gasteiger partial charge in [-0.1, -0.05) is 0 Å². The molecule has 1 aliphatic rings. The fraction of sp³-hybridized carbons (Fsp3) is 0.273. The summed E-state index contributed by atoms with van der Waals surface area (Å²) in [7, 11) is 0. The average Bonchev–Trinajstić information content (AvgIpc) is 2.70. The highest BCUT2D eigenvalue weighted by molar-refractivity contribution is 6.29. The second kappa shape index (κ2) is 3.92. The van der Waals surface area contributed by atoms with Gasteiger partial charge in [-0.25, -0.2) is 0 Å². The smallest absolute Gasteiger partial charge is 0.241 e. The van der Waals surface area contributed by atoms with Crippen molar-refractivity contribution >= 4 is 23.2 Å². The summed E-state index contributed by atoms with van der Waals surface area (Å²) in [5.74, 6) is -0.0838. The molecule has 15 heavy (non-hydrogen) atoms. The molecule has 0 spiro atoms. The number of halogens is 1. The lowest BCUT2D eigenvalue weighted by molar-refractivity contribution is -0.116. The number of amides is 1. The Balaban J connectivity index is 2.37. The van der Waals surface area contributed by atoms with Crippen LogP contribution in [0.15, 0.2) is 18.2 Å². The molecular formula is C11H9ClN2O. The fourth-order valence-corrected chi connectivity index (χ4v) is 1.95. The van der Waals surface area contributed by atoms with Crippen molar-refractivity contribution in [2.45, 2.75) is 6.42 Å². The zero-order valence-electron chi connectivity index (χ0n) is 8.03. The minimum atomic E-state index is -0.0832. The van der Waals surface area contributed by atoms with Gasteiger partial charge in [-0.3, -0.25) is 4.79 Å². The van der Waals surface area contributed by atoms with Crippen molar-refractivity contribution in [2.24, 2.45) is 0 Å². The minimum absolute atomic E-state index is 0.000554. The minimum Gasteiger partial charge on any atom is -0.311 e. The number of rotatable bonds is 1. The Bertz CT molecular complexity index is 450. The Labute approximate surface area is 92.9 Å². The molecule has 0 radical (unpaired) electrons. The van der Waals surface area contributed by atoms with Gasteiger partial charge in [-0.2, -0.15) is 5.26 Å². The molecule has 0 aliphatic carbocycles. The summed E-state index contributed by atoms with van der Waals surface area (Å²) in [6.45, 7) is 0.662. The molecule has 0 aromatic heterocycles. The Kier molecular flexibility index (Phi) is 2.61. The number of nitriles is 1. The summed E-state index contributed by atoms with van der Waals surface area (Å²) in [6.07, 6.45) is 0.799. The Hall–Kier alpha value is -1.53. The lowest BCUT2D eigenvalue weighted by Gasteiger charge is -2.15. The normalized spacial score (nSPS) is 13.5. The third-order valence-electron chi connectivity index (χ3n) is 2.52. The zero-order valence-corrected chi connectivity index (χ0v) is 8.79. The van der Waals surface area contributed by atoms with Crippen LogP contribution in [0.4, 0.5) is 5.69 Å². The molecule has 1 aromatic carbocycles. The summed E-state index contributed by atoms with van der Waals surface area (Å²) >= 11 is 5.51. The molecule has 0 bridgehead atoms. The van der Waals surface area contributed by atoms with E-state index in [0.717, 1.165) is 17.7 Å². The van der Waals surface area contributed by atoms with E-state index in [9.17, 15) is 4.79 Å². The van der Waals surface area contributed by atoms with Crippen LogP contribution in [0.25, 0.3) is 0 Å². The van der Waals surface area contributed by atoms with Crippen molar-refractivity contribution in [3.05, 3.63) is 29.3 Å². The van der Waals surface area contributed by atoms with E-state index in [1.54, 1.807) is 11.0 Å². The second-order valence-electron chi connectivity index (χ2n) is 3.38. The summed E-state index contributed by atoms with van der Waals surface area (Å²) in [5.41, 5.74) is 2.57. The number of hydrogen-bond acceptors (Lipinski definition) is 2. The number of hydrogen-bond donors (Lipinski definition) is 0. The molecular weight excluding hydrogens is 212 g/mol. The van der Waals surface area contributed by atoms with Crippen LogP contribution in [0.2, 0.25) is 0 Å². The van der Waals surface area contributed by atoms with Gasteiger partial charge in [0.1, 0.15) is 5.88 Å². The van der Waals surface area contributed by atoms with Crippen LogP contribution in [0.1, 0.15) is 11.1 Å². The van der Waals surface area contributed by atoms with E-state index in [0.29, 0.717) is 12.1 Å². The molecule has 2 rings (SSSR count). The predicted octanol–water partition coefficient (Wildman–Crippen LogP) is 1.69. The Morgan fingerprint density at radius 1 is 1.60 bits per heavy atom. The number of benzene rings is 1. The lowest BCUT2D eigenvalue weighted by atomic mass is 10.1. The highest BCUT2D eigenvalue weighted by atomic mass is 35.5. The number of carbonyl (C=O) groups excluding carboxylic acids is 1. The average molecular weight is 221 g/mol. The number of alkyl halides is 1. The summed E-state index contributed by atoms with van der Waals surface area (Å²) in [5, 5.41) is 8.74. The van der Waals surface area contributed by atoms with Gasteiger partial charge in [-0.15, -0.1) is 11.6 Å². The summed E-state index contributed by atoms with van der Waals surface area (Å²) in [4.78, 5) is 13.1. The highest BCUT2D eigenvalue weighted by Crippen LogP contribution is 2.28. The lowest BCUT2D eigenvalue weighted by Crippen LogP contribution is -2.29. The van der Waals surface area contributed by atoms with Gasteiger partial charge in [0.05, 0.1) is 11.6 Å². The van der Waals surface area contributed by atoms with Crippen LogP contribution in [-0.2, 0) is 11.2 Å². The van der Waals surface area contributed by atoms with Crippen molar-refractivity contribution in [1.82, 2.24) is 0 Å². The fourth-order valence-electron chi connectivity index (χ4n) is 1.80. The van der Waals surface area contributed by atoms with E-state index in [-0.39, 0.29) is 11.8 Å². The molecule has 0 fully saturated rings. The third kappa shape index (κ3) is 1.69. The van der Waals surface area contributed by atoms with Gasteiger partial charge in [-0.05, 0) is 30.2 Å². The molecule has 1 aromatic rings. The van der Waals surface area contributed by atoms with Crippen LogP contribution < -0.4 is 4.90 Å². The van der Waals surface area contributed by atoms with Crippen LogP contribution in [-0.4, -0.2) is 18.3 Å². The summed E-state index contributed by atoms with van der Waals surface area (Å²) in [6, 6.07) is 7.45. The standard InChI is InChI=1S/C11H9ClN2O/c12-6-11(15)14-4-3-9-5-8(7-13)1-2-10(9)14/h1-2,5H,3-4,6H2. The van der Waals surface area contributed by atoms with Gasteiger partial charge >= 0.3 is 0 Å². The largest absolute Gasteiger partial charge is 0.311 e.